The predicted octanol–water partition coefficient (Wildman–Crippen LogP) is 2.74. The van der Waals surface area contributed by atoms with Crippen LogP contribution in [0.15, 0.2) is 24.4 Å². The molecule has 1 aromatic heterocycles. The number of ether oxygens (including phenoxy) is 4. The molecule has 3 aliphatic heterocycles. The second-order valence-corrected chi connectivity index (χ2v) is 9.41. The third-order valence-corrected chi connectivity index (χ3v) is 6.57. The van der Waals surface area contributed by atoms with Gasteiger partial charge in [0.05, 0.1) is 23.3 Å². The van der Waals surface area contributed by atoms with Gasteiger partial charge in [0.1, 0.15) is 29.6 Å². The summed E-state index contributed by atoms with van der Waals surface area (Å²) >= 11 is 17.8. The Hall–Kier alpha value is 0.316. The van der Waals surface area contributed by atoms with Crippen molar-refractivity contribution in [2.24, 2.45) is 0 Å². The van der Waals surface area contributed by atoms with Crippen molar-refractivity contribution in [3.63, 3.8) is 0 Å². The molecule has 2 fully saturated rings. The van der Waals surface area contributed by atoms with Gasteiger partial charge in [-0.15, -0.1) is 0 Å². The SMILES string of the molecule is CC1(C)OC2COC(C3OCCc4cc(Cl)c(Cl)cc43)C2O1.C[N-]c1[nH]ccc1C(=N)Cl.[K+]. The quantitative estimate of drug-likeness (QED) is 0.463. The standard InChI is InChI=1S/C16H18Cl2O4.C6H7ClN3.K/c1-16(2)21-12-7-20-15(14(12)22-16)13-9-6-11(18)10(17)5-8(9)3-4-19-13;1-9-6-4(5(7)8)2-3-10-6;/h5-6,12-15H,3-4,7H2,1-2H3;2-3,8,10H,1H3;/q;-1;+1. The summed E-state index contributed by atoms with van der Waals surface area (Å²) in [7, 11) is 1.65. The Morgan fingerprint density at radius 2 is 1.88 bits per heavy atom. The molecule has 1 aromatic carbocycles. The van der Waals surface area contributed by atoms with Gasteiger partial charge < -0.3 is 29.2 Å². The molecule has 4 heterocycles. The van der Waals surface area contributed by atoms with Gasteiger partial charge in [-0.2, -0.15) is 0 Å². The number of aromatic nitrogens is 1. The summed E-state index contributed by atoms with van der Waals surface area (Å²) in [5, 5.41) is 12.1. The van der Waals surface area contributed by atoms with Crippen LogP contribution in [0.4, 0.5) is 5.82 Å². The molecule has 2 aromatic rings. The second kappa shape index (κ2) is 11.6. The number of rotatable bonds is 3. The van der Waals surface area contributed by atoms with Gasteiger partial charge in [-0.25, -0.2) is 0 Å². The van der Waals surface area contributed by atoms with E-state index in [0.29, 0.717) is 34.6 Å². The van der Waals surface area contributed by atoms with Gasteiger partial charge in [-0.3, -0.25) is 5.41 Å². The van der Waals surface area contributed by atoms with Gasteiger partial charge in [0.2, 0.25) is 0 Å². The van der Waals surface area contributed by atoms with E-state index in [2.05, 4.69) is 10.3 Å². The van der Waals surface area contributed by atoms with E-state index in [1.54, 1.807) is 19.3 Å². The first-order valence-electron chi connectivity index (χ1n) is 10.3. The van der Waals surface area contributed by atoms with Gasteiger partial charge in [-0.1, -0.05) is 59.9 Å². The first kappa shape index (κ1) is 27.9. The first-order chi connectivity index (χ1) is 15.2. The number of nitrogens with one attached hydrogen (secondary N) is 2. The van der Waals surface area contributed by atoms with Crippen LogP contribution in [0.25, 0.3) is 5.32 Å². The van der Waals surface area contributed by atoms with Crippen molar-refractivity contribution in [1.82, 2.24) is 4.98 Å². The topological polar surface area (TPSA) is 90.7 Å². The predicted molar refractivity (Wildman–Crippen MR) is 125 cm³/mol. The molecule has 0 bridgehead atoms. The van der Waals surface area contributed by atoms with Crippen molar-refractivity contribution in [2.75, 3.05) is 20.3 Å². The van der Waals surface area contributed by atoms with Crippen LogP contribution < -0.4 is 51.4 Å². The maximum atomic E-state index is 7.08. The van der Waals surface area contributed by atoms with Crippen molar-refractivity contribution >= 4 is 45.8 Å². The summed E-state index contributed by atoms with van der Waals surface area (Å²) in [6.45, 7) is 5.01. The van der Waals surface area contributed by atoms with Crippen LogP contribution in [-0.4, -0.2) is 54.5 Å². The van der Waals surface area contributed by atoms with Crippen molar-refractivity contribution < 1.29 is 70.3 Å². The van der Waals surface area contributed by atoms with Crippen molar-refractivity contribution in [2.45, 2.75) is 50.5 Å². The van der Waals surface area contributed by atoms with Gasteiger partial charge in [0, 0.05) is 5.56 Å². The normalized spacial score (nSPS) is 27.0. The molecule has 0 aliphatic carbocycles. The van der Waals surface area contributed by atoms with Crippen LogP contribution >= 0.6 is 34.8 Å². The van der Waals surface area contributed by atoms with E-state index in [4.69, 9.17) is 59.2 Å². The third kappa shape index (κ3) is 6.18. The third-order valence-electron chi connectivity index (χ3n) is 5.64. The minimum atomic E-state index is -0.577. The van der Waals surface area contributed by atoms with Gasteiger partial charge in [-0.05, 0) is 43.5 Å². The van der Waals surface area contributed by atoms with Crippen LogP contribution in [0.3, 0.4) is 0 Å². The molecular weight excluding hydrogens is 516 g/mol. The summed E-state index contributed by atoms with van der Waals surface area (Å²) in [5.74, 6) is 0.0759. The Labute approximate surface area is 251 Å². The average molecular weight is 541 g/mol. The number of halogens is 3. The minimum Gasteiger partial charge on any atom is -0.468 e. The number of hydrogen-bond donors (Lipinski definition) is 2. The number of H-pyrrole nitrogens is 1. The molecule has 3 aliphatic rings. The molecule has 11 heteroatoms. The summed E-state index contributed by atoms with van der Waals surface area (Å²) in [5.41, 5.74) is 2.85. The van der Waals surface area contributed by atoms with Crippen LogP contribution in [0.2, 0.25) is 10.0 Å². The Kier molecular flexibility index (Phi) is 9.79. The molecule has 33 heavy (non-hydrogen) atoms. The molecule has 2 N–H and O–H groups in total. The molecule has 7 nitrogen and oxygen atoms in total. The molecule has 4 atom stereocenters. The van der Waals surface area contributed by atoms with E-state index in [9.17, 15) is 0 Å². The Morgan fingerprint density at radius 1 is 1.15 bits per heavy atom. The number of fused-ring (bicyclic) bond motifs is 2. The molecule has 0 saturated carbocycles. The fraction of sp³-hybridized carbons (Fsp3) is 0.500. The largest absolute Gasteiger partial charge is 1.00 e. The zero-order valence-electron chi connectivity index (χ0n) is 19.0. The number of aromatic amines is 1. The maximum Gasteiger partial charge on any atom is 1.00 e. The van der Waals surface area contributed by atoms with E-state index < -0.39 is 5.79 Å². The molecule has 174 valence electrons. The Balaban J connectivity index is 0.000000237. The summed E-state index contributed by atoms with van der Waals surface area (Å²) < 4.78 is 23.8. The summed E-state index contributed by atoms with van der Waals surface area (Å²) in [6, 6.07) is 5.54. The minimum absolute atomic E-state index is 0. The van der Waals surface area contributed by atoms with Crippen molar-refractivity contribution in [3.8, 4) is 0 Å². The fourth-order valence-electron chi connectivity index (χ4n) is 4.30. The second-order valence-electron chi connectivity index (χ2n) is 8.22. The molecule has 0 spiro atoms. The van der Waals surface area contributed by atoms with Gasteiger partial charge in [0.15, 0.2) is 5.79 Å². The number of nitrogens with zero attached hydrogens (tertiary/aromatic N) is 1. The van der Waals surface area contributed by atoms with Crippen LogP contribution in [0, 0.1) is 5.41 Å². The van der Waals surface area contributed by atoms with E-state index >= 15 is 0 Å². The summed E-state index contributed by atoms with van der Waals surface area (Å²) in [4.78, 5) is 2.84. The molecule has 0 amide bonds. The van der Waals surface area contributed by atoms with Gasteiger partial charge in [0.25, 0.3) is 0 Å². The number of hydrogen-bond acceptors (Lipinski definition) is 5. The van der Waals surface area contributed by atoms with Gasteiger partial charge >= 0.3 is 51.4 Å². The molecule has 5 rings (SSSR count). The zero-order chi connectivity index (χ0) is 23.0. The monoisotopic (exact) mass is 539 g/mol. The van der Waals surface area contributed by atoms with E-state index in [1.165, 1.54) is 0 Å². The molecule has 0 radical (unpaired) electrons. The summed E-state index contributed by atoms with van der Waals surface area (Å²) in [6.07, 6.45) is 1.97. The molecule has 4 unspecified atom stereocenters. The number of benzene rings is 1. The Morgan fingerprint density at radius 3 is 2.55 bits per heavy atom. The smallest absolute Gasteiger partial charge is 0.468 e. The van der Waals surface area contributed by atoms with Crippen LogP contribution in [0.1, 0.15) is 36.6 Å². The van der Waals surface area contributed by atoms with Crippen molar-refractivity contribution in [3.05, 3.63) is 56.4 Å². The van der Waals surface area contributed by atoms with Crippen LogP contribution in [-0.2, 0) is 25.4 Å². The van der Waals surface area contributed by atoms with Crippen molar-refractivity contribution in [1.29, 1.82) is 5.41 Å². The van der Waals surface area contributed by atoms with E-state index in [1.807, 2.05) is 26.0 Å². The molecule has 2 saturated heterocycles. The average Bonchev–Trinajstić information content (AvgIpc) is 3.42. The maximum absolute atomic E-state index is 7.08. The van der Waals surface area contributed by atoms with E-state index in [0.717, 1.165) is 17.5 Å². The zero-order valence-corrected chi connectivity index (χ0v) is 24.3. The van der Waals surface area contributed by atoms with E-state index in [-0.39, 0.29) is 81.0 Å². The fourth-order valence-corrected chi connectivity index (χ4v) is 4.81. The molecular formula is C22H25Cl3KN3O4. The first-order valence-corrected chi connectivity index (χ1v) is 11.4. The van der Waals surface area contributed by atoms with Crippen LogP contribution in [0.5, 0.6) is 0 Å². The Bertz CT molecular complexity index is 1000.